The maximum absolute atomic E-state index is 8.29. The molecule has 1 aromatic carbocycles. The topological polar surface area (TPSA) is 51.5 Å². The van der Waals surface area contributed by atoms with Gasteiger partial charge in [0.05, 0.1) is 39.6 Å². The second-order valence-electron chi connectivity index (χ2n) is 3.70. The fourth-order valence-electron chi connectivity index (χ4n) is 1.35. The Bertz CT molecular complexity index is 353. The van der Waals surface area contributed by atoms with E-state index in [1.165, 1.54) is 17.3 Å². The van der Waals surface area contributed by atoms with Gasteiger partial charge in [-0.15, -0.1) is 0 Å². The monoisotopic (exact) mass is 281 g/mol. The summed E-state index contributed by atoms with van der Waals surface area (Å²) >= 11 is 1.20. The number of hydrogen-bond donors (Lipinski definition) is 0. The third kappa shape index (κ3) is 9.51. The minimum absolute atomic E-state index is 0.560. The molecule has 0 bridgehead atoms. The minimum Gasteiger partial charge on any atom is -0.378 e. The predicted octanol–water partition coefficient (Wildman–Crippen LogP) is 2.45. The zero-order chi connectivity index (χ0) is 13.6. The van der Waals surface area contributed by atoms with Crippen molar-refractivity contribution in [3.8, 4) is 5.40 Å². The highest BCUT2D eigenvalue weighted by molar-refractivity contribution is 8.03. The van der Waals surface area contributed by atoms with Gasteiger partial charge in [0.25, 0.3) is 0 Å². The number of benzene rings is 1. The van der Waals surface area contributed by atoms with Crippen LogP contribution in [-0.2, 0) is 20.8 Å². The molecule has 0 saturated carbocycles. The third-order valence-electron chi connectivity index (χ3n) is 2.25. The van der Waals surface area contributed by atoms with E-state index in [0.29, 0.717) is 45.4 Å². The second-order valence-corrected chi connectivity index (χ2v) is 4.58. The maximum atomic E-state index is 8.29. The van der Waals surface area contributed by atoms with Crippen molar-refractivity contribution in [2.24, 2.45) is 0 Å². The van der Waals surface area contributed by atoms with Crippen LogP contribution in [0.25, 0.3) is 0 Å². The molecule has 0 unspecified atom stereocenters. The van der Waals surface area contributed by atoms with E-state index in [4.69, 9.17) is 19.5 Å². The summed E-state index contributed by atoms with van der Waals surface area (Å²) in [7, 11) is 0. The summed E-state index contributed by atoms with van der Waals surface area (Å²) in [5, 5.41) is 10.3. The number of hydrogen-bond acceptors (Lipinski definition) is 5. The van der Waals surface area contributed by atoms with Gasteiger partial charge in [0.15, 0.2) is 0 Å². The lowest BCUT2D eigenvalue weighted by Crippen LogP contribution is -2.10. The Labute approximate surface area is 118 Å². The van der Waals surface area contributed by atoms with Crippen LogP contribution in [0, 0.1) is 10.7 Å². The van der Waals surface area contributed by atoms with Crippen molar-refractivity contribution < 1.29 is 14.2 Å². The van der Waals surface area contributed by atoms with Crippen LogP contribution in [0.5, 0.6) is 0 Å². The first-order valence-corrected chi connectivity index (χ1v) is 7.20. The van der Waals surface area contributed by atoms with Crippen molar-refractivity contribution in [3.05, 3.63) is 35.9 Å². The first-order chi connectivity index (χ1) is 9.43. The van der Waals surface area contributed by atoms with Gasteiger partial charge in [-0.05, 0) is 17.3 Å². The zero-order valence-corrected chi connectivity index (χ0v) is 11.7. The minimum atomic E-state index is 0.560. The second kappa shape index (κ2) is 12.0. The third-order valence-corrected chi connectivity index (χ3v) is 2.75. The highest BCUT2D eigenvalue weighted by Gasteiger charge is 1.93. The molecule has 0 amide bonds. The number of thioether (sulfide) groups is 1. The molecule has 0 radical (unpaired) electrons. The zero-order valence-electron chi connectivity index (χ0n) is 10.9. The molecule has 1 rings (SSSR count). The lowest BCUT2D eigenvalue weighted by atomic mass is 10.2. The van der Waals surface area contributed by atoms with E-state index in [9.17, 15) is 0 Å². The van der Waals surface area contributed by atoms with Crippen molar-refractivity contribution in [2.75, 3.05) is 38.8 Å². The van der Waals surface area contributed by atoms with Crippen LogP contribution < -0.4 is 0 Å². The van der Waals surface area contributed by atoms with E-state index in [1.807, 2.05) is 35.7 Å². The first-order valence-electron chi connectivity index (χ1n) is 6.21. The Morgan fingerprint density at radius 3 is 2.21 bits per heavy atom. The molecule has 19 heavy (non-hydrogen) atoms. The van der Waals surface area contributed by atoms with E-state index < -0.39 is 0 Å². The molecule has 0 heterocycles. The molecule has 0 fully saturated rings. The molecule has 0 aromatic heterocycles. The van der Waals surface area contributed by atoms with E-state index >= 15 is 0 Å². The number of nitriles is 1. The van der Waals surface area contributed by atoms with Gasteiger partial charge in [-0.3, -0.25) is 0 Å². The Kier molecular flexibility index (Phi) is 10.1. The Morgan fingerprint density at radius 2 is 1.53 bits per heavy atom. The molecule has 0 N–H and O–H groups in total. The number of rotatable bonds is 11. The van der Waals surface area contributed by atoms with Crippen molar-refractivity contribution in [3.63, 3.8) is 0 Å². The lowest BCUT2D eigenvalue weighted by molar-refractivity contribution is 0.0132. The van der Waals surface area contributed by atoms with Crippen LogP contribution in [-0.4, -0.2) is 38.8 Å². The Morgan fingerprint density at radius 1 is 0.895 bits per heavy atom. The summed E-state index contributed by atoms with van der Waals surface area (Å²) in [6.07, 6.45) is 0. The van der Waals surface area contributed by atoms with Crippen LogP contribution in [0.4, 0.5) is 0 Å². The Hall–Kier alpha value is -1.06. The standard InChI is InChI=1S/C14H19NO3S/c15-13-19-11-10-17-7-6-16-8-9-18-12-14-4-2-1-3-5-14/h1-5H,6-12H2. The summed E-state index contributed by atoms with van der Waals surface area (Å²) < 4.78 is 16.1. The van der Waals surface area contributed by atoms with Gasteiger partial charge in [0, 0.05) is 5.75 Å². The molecule has 0 aliphatic rings. The highest BCUT2D eigenvalue weighted by Crippen LogP contribution is 2.00. The molecule has 0 aliphatic carbocycles. The number of nitrogens with zero attached hydrogens (tertiary/aromatic N) is 1. The fourth-order valence-corrected chi connectivity index (χ4v) is 1.64. The average Bonchev–Trinajstić information content (AvgIpc) is 2.46. The summed E-state index contributed by atoms with van der Waals surface area (Å²) in [6, 6.07) is 10.1. The molecular formula is C14H19NO3S. The molecular weight excluding hydrogens is 262 g/mol. The summed E-state index contributed by atoms with van der Waals surface area (Å²) in [5.41, 5.74) is 1.17. The van der Waals surface area contributed by atoms with E-state index in [0.717, 1.165) is 0 Å². The van der Waals surface area contributed by atoms with Crippen LogP contribution in [0.1, 0.15) is 5.56 Å². The summed E-state index contributed by atoms with van der Waals surface area (Å²) in [4.78, 5) is 0. The van der Waals surface area contributed by atoms with Gasteiger partial charge in [0.1, 0.15) is 5.40 Å². The van der Waals surface area contributed by atoms with Gasteiger partial charge in [-0.1, -0.05) is 30.3 Å². The summed E-state index contributed by atoms with van der Waals surface area (Å²) in [5.74, 6) is 0.705. The molecule has 4 nitrogen and oxygen atoms in total. The number of thiocyanates is 1. The van der Waals surface area contributed by atoms with E-state index in [-0.39, 0.29) is 0 Å². The van der Waals surface area contributed by atoms with Crippen molar-refractivity contribution in [2.45, 2.75) is 6.61 Å². The smallest absolute Gasteiger partial charge is 0.133 e. The maximum Gasteiger partial charge on any atom is 0.133 e. The normalized spacial score (nSPS) is 10.3. The van der Waals surface area contributed by atoms with Crippen molar-refractivity contribution >= 4 is 11.8 Å². The largest absolute Gasteiger partial charge is 0.378 e. The molecule has 0 spiro atoms. The van der Waals surface area contributed by atoms with E-state index in [2.05, 4.69) is 0 Å². The average molecular weight is 281 g/mol. The molecule has 104 valence electrons. The van der Waals surface area contributed by atoms with Gasteiger partial charge in [0.2, 0.25) is 0 Å². The van der Waals surface area contributed by atoms with Gasteiger partial charge < -0.3 is 14.2 Å². The van der Waals surface area contributed by atoms with Gasteiger partial charge in [-0.2, -0.15) is 5.26 Å². The van der Waals surface area contributed by atoms with E-state index in [1.54, 1.807) is 0 Å². The molecule has 5 heteroatoms. The van der Waals surface area contributed by atoms with Crippen molar-refractivity contribution in [1.82, 2.24) is 0 Å². The SMILES string of the molecule is N#CSCCOCCOCCOCc1ccccc1. The fraction of sp³-hybridized carbons (Fsp3) is 0.500. The predicted molar refractivity (Wildman–Crippen MR) is 75.8 cm³/mol. The van der Waals surface area contributed by atoms with Gasteiger partial charge in [-0.25, -0.2) is 0 Å². The molecule has 0 atom stereocenters. The number of ether oxygens (including phenoxy) is 3. The molecule has 0 saturated heterocycles. The van der Waals surface area contributed by atoms with Crippen molar-refractivity contribution in [1.29, 1.82) is 5.26 Å². The summed E-state index contributed by atoms with van der Waals surface area (Å²) in [6.45, 7) is 3.48. The van der Waals surface area contributed by atoms with Crippen LogP contribution in [0.15, 0.2) is 30.3 Å². The van der Waals surface area contributed by atoms with Gasteiger partial charge >= 0.3 is 0 Å². The molecule has 0 aliphatic heterocycles. The van der Waals surface area contributed by atoms with Crippen LogP contribution >= 0.6 is 11.8 Å². The first kappa shape index (κ1) is 16.0. The quantitative estimate of drug-likeness (QED) is 0.460. The van der Waals surface area contributed by atoms with Crippen LogP contribution in [0.3, 0.4) is 0 Å². The molecule has 1 aromatic rings. The van der Waals surface area contributed by atoms with Crippen LogP contribution in [0.2, 0.25) is 0 Å². The Balaban J connectivity index is 1.80. The lowest BCUT2D eigenvalue weighted by Gasteiger charge is -2.06. The highest BCUT2D eigenvalue weighted by atomic mass is 32.2.